The van der Waals surface area contributed by atoms with Crippen molar-refractivity contribution in [2.75, 3.05) is 32.8 Å². The third-order valence-corrected chi connectivity index (χ3v) is 13.4. The van der Waals surface area contributed by atoms with Gasteiger partial charge in [0.25, 0.3) is 0 Å². The van der Waals surface area contributed by atoms with E-state index in [4.69, 9.17) is 9.47 Å². The molecule has 1 heterocycles. The first kappa shape index (κ1) is 56.3. The molecule has 0 saturated carbocycles. The Labute approximate surface area is 374 Å². The Kier molecular flexibility index (Phi) is 38.8. The maximum Gasteiger partial charge on any atom is 0.308 e. The highest BCUT2D eigenvalue weighted by atomic mass is 16.5. The lowest BCUT2D eigenvalue weighted by molar-refractivity contribution is -0.150. The lowest BCUT2D eigenvalue weighted by atomic mass is 9.85. The van der Waals surface area contributed by atoms with Gasteiger partial charge >= 0.3 is 11.9 Å². The minimum absolute atomic E-state index is 0.0680. The minimum Gasteiger partial charge on any atom is -0.465 e. The van der Waals surface area contributed by atoms with Gasteiger partial charge in [0.1, 0.15) is 0 Å². The van der Waals surface area contributed by atoms with Crippen LogP contribution < -0.4 is 0 Å². The molecule has 4 unspecified atom stereocenters. The van der Waals surface area contributed by atoms with Crippen LogP contribution in [0.4, 0.5) is 0 Å². The summed E-state index contributed by atoms with van der Waals surface area (Å²) in [4.78, 5) is 33.4. The number of carbonyl (C=O) groups is 2. The summed E-state index contributed by atoms with van der Waals surface area (Å²) in [5, 5.41) is 0. The van der Waals surface area contributed by atoms with Crippen molar-refractivity contribution in [2.24, 2.45) is 28.7 Å². The number of aliphatic imine (C=N–C) groups is 1. The number of hydrogen-bond acceptors (Lipinski definition) is 6. The van der Waals surface area contributed by atoms with Crippen molar-refractivity contribution >= 4 is 17.7 Å². The second-order valence-corrected chi connectivity index (χ2v) is 18.9. The summed E-state index contributed by atoms with van der Waals surface area (Å²) in [6.45, 7) is 18.1. The van der Waals surface area contributed by atoms with Crippen molar-refractivity contribution in [2.45, 2.75) is 260 Å². The Morgan fingerprint density at radius 1 is 0.517 bits per heavy atom. The third-order valence-electron chi connectivity index (χ3n) is 13.4. The maximum atomic E-state index is 13.1. The summed E-state index contributed by atoms with van der Waals surface area (Å²) in [6.07, 6.45) is 44.8. The van der Waals surface area contributed by atoms with E-state index >= 15 is 0 Å². The van der Waals surface area contributed by atoms with Crippen molar-refractivity contribution < 1.29 is 19.1 Å². The number of allylic oxidation sites excluding steroid dienone is 1. The summed E-state index contributed by atoms with van der Waals surface area (Å²) in [5.41, 5.74) is 1.26. The fourth-order valence-corrected chi connectivity index (χ4v) is 9.00. The molecule has 0 saturated heterocycles. The topological polar surface area (TPSA) is 68.2 Å². The second kappa shape index (κ2) is 41.3. The number of unbranched alkanes of at least 4 members (excludes halogenated alkanes) is 22. The Morgan fingerprint density at radius 2 is 0.867 bits per heavy atom. The summed E-state index contributed by atoms with van der Waals surface area (Å²) in [5.74, 6) is 1.45. The molecule has 6 heteroatoms. The van der Waals surface area contributed by atoms with E-state index < -0.39 is 0 Å². The maximum absolute atomic E-state index is 13.1. The van der Waals surface area contributed by atoms with E-state index in [0.29, 0.717) is 25.0 Å². The standard InChI is InChI=1S/C54H102N2O4/c1-7-11-15-19-21-29-38-51(36-27-17-13-9-3)53(57)59-46-33-25-23-31-43-56(45-35-40-50-41-42-55-49(6)48(50)5)44-32-24-26-34-47-60-54(58)52(37-28-18-14-10-4)39-30-22-20-16-12-8-2/h41-42,48,50-52H,7-40,43-47H2,1-6H3. The average molecular weight is 843 g/mol. The van der Waals surface area contributed by atoms with Crippen LogP contribution >= 0.6 is 0 Å². The van der Waals surface area contributed by atoms with Crippen LogP contribution in [0.5, 0.6) is 0 Å². The van der Waals surface area contributed by atoms with Crippen LogP contribution in [-0.4, -0.2) is 55.4 Å². The molecule has 4 atom stereocenters. The van der Waals surface area contributed by atoms with Crippen molar-refractivity contribution in [1.29, 1.82) is 0 Å². The monoisotopic (exact) mass is 843 g/mol. The first-order valence-corrected chi connectivity index (χ1v) is 26.6. The fraction of sp³-hybridized carbons (Fsp3) is 0.907. The Balaban J connectivity index is 2.47. The van der Waals surface area contributed by atoms with Crippen LogP contribution in [0.1, 0.15) is 260 Å². The van der Waals surface area contributed by atoms with E-state index in [0.717, 1.165) is 96.7 Å². The molecule has 0 fully saturated rings. The molecule has 0 bridgehead atoms. The number of carbonyl (C=O) groups excluding carboxylic acids is 2. The van der Waals surface area contributed by atoms with Gasteiger partial charge in [-0.3, -0.25) is 14.6 Å². The lowest BCUT2D eigenvalue weighted by Gasteiger charge is -2.26. The molecule has 1 aliphatic rings. The number of esters is 2. The van der Waals surface area contributed by atoms with E-state index in [-0.39, 0.29) is 23.8 Å². The molecule has 60 heavy (non-hydrogen) atoms. The SMILES string of the molecule is CCCCCCCCC(CCCCCC)C(=O)OCCCCCCN(CCCCCCOC(=O)C(CCCCCC)CCCCCCCC)CCCC1C=CN=C(C)C1C. The molecule has 0 N–H and O–H groups in total. The van der Waals surface area contributed by atoms with Crippen molar-refractivity contribution in [3.05, 3.63) is 12.3 Å². The highest BCUT2D eigenvalue weighted by Crippen LogP contribution is 2.25. The van der Waals surface area contributed by atoms with Gasteiger partial charge < -0.3 is 14.4 Å². The number of rotatable bonds is 44. The average Bonchev–Trinajstić information content (AvgIpc) is 3.25. The molecular formula is C54H102N2O4. The van der Waals surface area contributed by atoms with Gasteiger partial charge in [0.2, 0.25) is 0 Å². The molecule has 0 aliphatic carbocycles. The molecule has 0 aromatic rings. The first-order valence-electron chi connectivity index (χ1n) is 26.6. The lowest BCUT2D eigenvalue weighted by Crippen LogP contribution is -2.28. The van der Waals surface area contributed by atoms with Gasteiger partial charge in [-0.1, -0.05) is 195 Å². The van der Waals surface area contributed by atoms with Crippen LogP contribution in [0, 0.1) is 23.7 Å². The number of hydrogen-bond donors (Lipinski definition) is 0. The van der Waals surface area contributed by atoms with Gasteiger partial charge in [-0.15, -0.1) is 0 Å². The van der Waals surface area contributed by atoms with Crippen molar-refractivity contribution in [1.82, 2.24) is 4.90 Å². The van der Waals surface area contributed by atoms with Crippen LogP contribution in [-0.2, 0) is 19.1 Å². The molecule has 0 radical (unpaired) electrons. The largest absolute Gasteiger partial charge is 0.465 e. The highest BCUT2D eigenvalue weighted by molar-refractivity contribution is 5.85. The summed E-state index contributed by atoms with van der Waals surface area (Å²) < 4.78 is 11.8. The molecule has 6 nitrogen and oxygen atoms in total. The molecule has 352 valence electrons. The van der Waals surface area contributed by atoms with Crippen molar-refractivity contribution in [3.8, 4) is 0 Å². The Hall–Kier alpha value is -1.69. The van der Waals surface area contributed by atoms with E-state index in [1.54, 1.807) is 0 Å². The molecule has 0 aromatic carbocycles. The summed E-state index contributed by atoms with van der Waals surface area (Å²) in [7, 11) is 0. The summed E-state index contributed by atoms with van der Waals surface area (Å²) >= 11 is 0. The Bertz CT molecular complexity index is 985. The molecule has 0 aromatic heterocycles. The van der Waals surface area contributed by atoms with E-state index in [9.17, 15) is 9.59 Å². The smallest absolute Gasteiger partial charge is 0.308 e. The highest BCUT2D eigenvalue weighted by Gasteiger charge is 2.22. The van der Waals surface area contributed by atoms with Crippen LogP contribution in [0.2, 0.25) is 0 Å². The van der Waals surface area contributed by atoms with Gasteiger partial charge in [-0.05, 0) is 96.7 Å². The fourth-order valence-electron chi connectivity index (χ4n) is 9.00. The zero-order valence-corrected chi connectivity index (χ0v) is 41.1. The number of nitrogens with zero attached hydrogens (tertiary/aromatic N) is 2. The quantitative estimate of drug-likeness (QED) is 0.0451. The molecule has 0 amide bonds. The van der Waals surface area contributed by atoms with E-state index in [1.165, 1.54) is 147 Å². The van der Waals surface area contributed by atoms with Crippen LogP contribution in [0.15, 0.2) is 17.3 Å². The zero-order valence-electron chi connectivity index (χ0n) is 41.1. The normalized spacial score (nSPS) is 16.3. The molecule has 1 rings (SSSR count). The predicted octanol–water partition coefficient (Wildman–Crippen LogP) is 16.2. The molecular weight excluding hydrogens is 741 g/mol. The van der Waals surface area contributed by atoms with Crippen molar-refractivity contribution in [3.63, 3.8) is 0 Å². The van der Waals surface area contributed by atoms with Gasteiger partial charge in [0, 0.05) is 17.8 Å². The molecule has 1 aliphatic heterocycles. The van der Waals surface area contributed by atoms with E-state index in [1.807, 2.05) is 6.20 Å². The van der Waals surface area contributed by atoms with Gasteiger partial charge in [-0.25, -0.2) is 0 Å². The predicted molar refractivity (Wildman–Crippen MR) is 260 cm³/mol. The second-order valence-electron chi connectivity index (χ2n) is 18.9. The van der Waals surface area contributed by atoms with Gasteiger partial charge in [0.05, 0.1) is 25.0 Å². The minimum atomic E-state index is 0.0680. The first-order chi connectivity index (χ1) is 29.4. The van der Waals surface area contributed by atoms with Crippen LogP contribution in [0.3, 0.4) is 0 Å². The summed E-state index contributed by atoms with van der Waals surface area (Å²) in [6, 6.07) is 0. The third kappa shape index (κ3) is 31.2. The zero-order chi connectivity index (χ0) is 43.7. The number of ether oxygens (including phenoxy) is 2. The van der Waals surface area contributed by atoms with Gasteiger partial charge in [-0.2, -0.15) is 0 Å². The van der Waals surface area contributed by atoms with E-state index in [2.05, 4.69) is 57.5 Å². The van der Waals surface area contributed by atoms with Gasteiger partial charge in [0.15, 0.2) is 0 Å². The molecule has 0 spiro atoms. The Morgan fingerprint density at radius 3 is 1.30 bits per heavy atom. The van der Waals surface area contributed by atoms with Crippen LogP contribution in [0.25, 0.3) is 0 Å².